The zero-order chi connectivity index (χ0) is 11.5. The van der Waals surface area contributed by atoms with Crippen molar-refractivity contribution in [3.63, 3.8) is 0 Å². The third-order valence-corrected chi connectivity index (χ3v) is 2.95. The SMILES string of the molecule is CCCNCc1nc2cccc(Cl)c2n1C. The van der Waals surface area contributed by atoms with Crippen LogP contribution in [-0.2, 0) is 13.6 Å². The molecule has 0 amide bonds. The van der Waals surface area contributed by atoms with Crippen LogP contribution >= 0.6 is 11.6 Å². The van der Waals surface area contributed by atoms with E-state index in [2.05, 4.69) is 21.8 Å². The second kappa shape index (κ2) is 4.85. The first-order chi connectivity index (χ1) is 7.74. The molecule has 0 bridgehead atoms. The maximum atomic E-state index is 6.16. The van der Waals surface area contributed by atoms with Gasteiger partial charge in [-0.25, -0.2) is 4.98 Å². The third-order valence-electron chi connectivity index (χ3n) is 2.65. The number of fused-ring (bicyclic) bond motifs is 1. The first kappa shape index (κ1) is 11.4. The Hall–Kier alpha value is -1.06. The van der Waals surface area contributed by atoms with Gasteiger partial charge >= 0.3 is 0 Å². The van der Waals surface area contributed by atoms with Crippen LogP contribution in [0.15, 0.2) is 18.2 Å². The summed E-state index contributed by atoms with van der Waals surface area (Å²) in [5, 5.41) is 4.10. The van der Waals surface area contributed by atoms with Crippen molar-refractivity contribution in [2.24, 2.45) is 7.05 Å². The highest BCUT2D eigenvalue weighted by Crippen LogP contribution is 2.23. The van der Waals surface area contributed by atoms with E-state index in [1.165, 1.54) is 0 Å². The minimum atomic E-state index is 0.759. The number of hydrogen-bond acceptors (Lipinski definition) is 2. The standard InChI is InChI=1S/C12H16ClN3/c1-3-7-14-8-11-15-10-6-4-5-9(13)12(10)16(11)2/h4-6,14H,3,7-8H2,1-2H3. The molecular formula is C12H16ClN3. The highest BCUT2D eigenvalue weighted by molar-refractivity contribution is 6.34. The maximum Gasteiger partial charge on any atom is 0.123 e. The average Bonchev–Trinajstić information content (AvgIpc) is 2.58. The summed E-state index contributed by atoms with van der Waals surface area (Å²) in [6.07, 6.45) is 1.13. The van der Waals surface area contributed by atoms with E-state index in [4.69, 9.17) is 11.6 Å². The van der Waals surface area contributed by atoms with E-state index in [0.717, 1.165) is 41.4 Å². The Labute approximate surface area is 100 Å². The van der Waals surface area contributed by atoms with E-state index in [-0.39, 0.29) is 0 Å². The number of benzene rings is 1. The molecule has 16 heavy (non-hydrogen) atoms. The molecule has 86 valence electrons. The van der Waals surface area contributed by atoms with Crippen molar-refractivity contribution >= 4 is 22.6 Å². The van der Waals surface area contributed by atoms with Gasteiger partial charge in [0.2, 0.25) is 0 Å². The highest BCUT2D eigenvalue weighted by atomic mass is 35.5. The minimum Gasteiger partial charge on any atom is -0.329 e. The molecule has 4 heteroatoms. The molecule has 0 aliphatic heterocycles. The molecule has 0 unspecified atom stereocenters. The van der Waals surface area contributed by atoms with Crippen molar-refractivity contribution in [1.82, 2.24) is 14.9 Å². The van der Waals surface area contributed by atoms with Crippen LogP contribution in [0.3, 0.4) is 0 Å². The summed E-state index contributed by atoms with van der Waals surface area (Å²) < 4.78 is 2.06. The molecule has 0 spiro atoms. The van der Waals surface area contributed by atoms with Crippen LogP contribution in [0, 0.1) is 0 Å². The van der Waals surface area contributed by atoms with E-state index in [0.29, 0.717) is 0 Å². The third kappa shape index (κ3) is 2.06. The second-order valence-corrected chi connectivity index (χ2v) is 4.28. The van der Waals surface area contributed by atoms with Crippen molar-refractivity contribution in [2.75, 3.05) is 6.54 Å². The van der Waals surface area contributed by atoms with Crippen LogP contribution in [-0.4, -0.2) is 16.1 Å². The van der Waals surface area contributed by atoms with Gasteiger partial charge in [0.25, 0.3) is 0 Å². The molecule has 3 nitrogen and oxygen atoms in total. The Balaban J connectivity index is 2.33. The van der Waals surface area contributed by atoms with Gasteiger partial charge in [-0.05, 0) is 25.1 Å². The van der Waals surface area contributed by atoms with Crippen molar-refractivity contribution in [3.8, 4) is 0 Å². The van der Waals surface area contributed by atoms with E-state index in [1.807, 2.05) is 25.2 Å². The molecule has 0 aliphatic carbocycles. The molecule has 0 aliphatic rings. The molecule has 1 aromatic heterocycles. The molecule has 1 aromatic carbocycles. The lowest BCUT2D eigenvalue weighted by molar-refractivity contribution is 0.634. The van der Waals surface area contributed by atoms with Crippen LogP contribution < -0.4 is 5.32 Å². The summed E-state index contributed by atoms with van der Waals surface area (Å²) in [6.45, 7) is 3.95. The first-order valence-corrected chi connectivity index (χ1v) is 5.92. The topological polar surface area (TPSA) is 29.9 Å². The fourth-order valence-electron chi connectivity index (χ4n) is 1.80. The molecule has 1 heterocycles. The largest absolute Gasteiger partial charge is 0.329 e. The fourth-order valence-corrected chi connectivity index (χ4v) is 2.10. The van der Waals surface area contributed by atoms with Gasteiger partial charge in [0.15, 0.2) is 0 Å². The van der Waals surface area contributed by atoms with Gasteiger partial charge in [-0.3, -0.25) is 0 Å². The van der Waals surface area contributed by atoms with E-state index < -0.39 is 0 Å². The predicted molar refractivity (Wildman–Crippen MR) is 67.7 cm³/mol. The minimum absolute atomic E-state index is 0.759. The lowest BCUT2D eigenvalue weighted by Gasteiger charge is -2.03. The zero-order valence-electron chi connectivity index (χ0n) is 9.63. The van der Waals surface area contributed by atoms with Crippen molar-refractivity contribution in [2.45, 2.75) is 19.9 Å². The number of aryl methyl sites for hydroxylation is 1. The van der Waals surface area contributed by atoms with Crippen molar-refractivity contribution in [1.29, 1.82) is 0 Å². The monoisotopic (exact) mass is 237 g/mol. The quantitative estimate of drug-likeness (QED) is 0.829. The van der Waals surface area contributed by atoms with Crippen molar-refractivity contribution < 1.29 is 0 Å². The average molecular weight is 238 g/mol. The van der Waals surface area contributed by atoms with Gasteiger partial charge in [0, 0.05) is 7.05 Å². The molecule has 0 saturated heterocycles. The Morgan fingerprint density at radius 2 is 2.25 bits per heavy atom. The molecule has 2 rings (SSSR count). The molecular weight excluding hydrogens is 222 g/mol. The maximum absolute atomic E-state index is 6.16. The molecule has 0 fully saturated rings. The smallest absolute Gasteiger partial charge is 0.123 e. The van der Waals surface area contributed by atoms with Crippen molar-refractivity contribution in [3.05, 3.63) is 29.0 Å². The molecule has 0 radical (unpaired) electrons. The van der Waals surface area contributed by atoms with Gasteiger partial charge in [-0.1, -0.05) is 24.6 Å². The van der Waals surface area contributed by atoms with Gasteiger partial charge < -0.3 is 9.88 Å². The van der Waals surface area contributed by atoms with Gasteiger partial charge in [-0.2, -0.15) is 0 Å². The summed E-state index contributed by atoms with van der Waals surface area (Å²) in [5.41, 5.74) is 1.97. The number of imidazole rings is 1. The number of rotatable bonds is 4. The number of halogens is 1. The number of para-hydroxylation sites is 1. The predicted octanol–water partition coefficient (Wildman–Crippen LogP) is 2.73. The van der Waals surface area contributed by atoms with E-state index in [9.17, 15) is 0 Å². The Morgan fingerprint density at radius 3 is 2.94 bits per heavy atom. The molecule has 0 atom stereocenters. The number of hydrogen-bond donors (Lipinski definition) is 1. The second-order valence-electron chi connectivity index (χ2n) is 3.87. The Morgan fingerprint density at radius 1 is 1.44 bits per heavy atom. The molecule has 1 N–H and O–H groups in total. The van der Waals surface area contributed by atoms with Gasteiger partial charge in [0.1, 0.15) is 5.82 Å². The lowest BCUT2D eigenvalue weighted by atomic mass is 10.3. The summed E-state index contributed by atoms with van der Waals surface area (Å²) in [5.74, 6) is 1.02. The van der Waals surface area contributed by atoms with E-state index >= 15 is 0 Å². The summed E-state index contributed by atoms with van der Waals surface area (Å²) in [4.78, 5) is 4.56. The van der Waals surface area contributed by atoms with Crippen LogP contribution in [0.1, 0.15) is 19.2 Å². The zero-order valence-corrected chi connectivity index (χ0v) is 10.4. The Kier molecular flexibility index (Phi) is 3.46. The lowest BCUT2D eigenvalue weighted by Crippen LogP contribution is -2.16. The van der Waals surface area contributed by atoms with Crippen LogP contribution in [0.25, 0.3) is 11.0 Å². The first-order valence-electron chi connectivity index (χ1n) is 5.54. The molecule has 2 aromatic rings. The van der Waals surface area contributed by atoms with Gasteiger partial charge in [0.05, 0.1) is 22.6 Å². The van der Waals surface area contributed by atoms with E-state index in [1.54, 1.807) is 0 Å². The fraction of sp³-hybridized carbons (Fsp3) is 0.417. The Bertz CT molecular complexity index is 490. The number of aromatic nitrogens is 2. The highest BCUT2D eigenvalue weighted by Gasteiger charge is 2.09. The van der Waals surface area contributed by atoms with Crippen LogP contribution in [0.5, 0.6) is 0 Å². The number of nitrogens with zero attached hydrogens (tertiary/aromatic N) is 2. The normalized spacial score (nSPS) is 11.2. The summed E-state index contributed by atoms with van der Waals surface area (Å²) in [6, 6.07) is 5.82. The number of nitrogens with one attached hydrogen (secondary N) is 1. The van der Waals surface area contributed by atoms with Crippen LogP contribution in [0.2, 0.25) is 5.02 Å². The van der Waals surface area contributed by atoms with Gasteiger partial charge in [-0.15, -0.1) is 0 Å². The molecule has 0 saturated carbocycles. The summed E-state index contributed by atoms with van der Waals surface area (Å²) >= 11 is 6.16. The summed E-state index contributed by atoms with van der Waals surface area (Å²) in [7, 11) is 2.00. The van der Waals surface area contributed by atoms with Crippen LogP contribution in [0.4, 0.5) is 0 Å².